The van der Waals surface area contributed by atoms with Gasteiger partial charge in [0.1, 0.15) is 12.3 Å². The van der Waals surface area contributed by atoms with Crippen LogP contribution >= 0.6 is 0 Å². The Kier molecular flexibility index (Phi) is 7.12. The van der Waals surface area contributed by atoms with Gasteiger partial charge in [0.25, 0.3) is 11.8 Å². The summed E-state index contributed by atoms with van der Waals surface area (Å²) in [6.07, 6.45) is 1.59. The molecule has 2 rings (SSSR count). The van der Waals surface area contributed by atoms with Crippen LogP contribution in [-0.2, 0) is 14.3 Å². The zero-order valence-corrected chi connectivity index (χ0v) is 14.4. The summed E-state index contributed by atoms with van der Waals surface area (Å²) < 4.78 is 4.78. The highest BCUT2D eigenvalue weighted by atomic mass is 16.5. The second-order valence-electron chi connectivity index (χ2n) is 5.38. The van der Waals surface area contributed by atoms with Crippen LogP contribution in [0.25, 0.3) is 6.08 Å². The van der Waals surface area contributed by atoms with Gasteiger partial charge in [0.15, 0.2) is 0 Å². The molecule has 134 valence electrons. The Hall–Kier alpha value is -3.41. The first-order chi connectivity index (χ1) is 12.6. The van der Waals surface area contributed by atoms with Crippen LogP contribution in [0.2, 0.25) is 0 Å². The van der Waals surface area contributed by atoms with Crippen molar-refractivity contribution in [3.63, 3.8) is 0 Å². The van der Waals surface area contributed by atoms with Crippen LogP contribution in [0.4, 0.5) is 0 Å². The first-order valence-electron chi connectivity index (χ1n) is 8.11. The van der Waals surface area contributed by atoms with E-state index in [1.807, 2.05) is 30.3 Å². The third-order valence-electron chi connectivity index (χ3n) is 3.33. The van der Waals surface area contributed by atoms with Crippen molar-refractivity contribution < 1.29 is 19.1 Å². The maximum Gasteiger partial charge on any atom is 0.302 e. The Labute approximate surface area is 151 Å². The zero-order valence-electron chi connectivity index (χ0n) is 14.4. The minimum Gasteiger partial charge on any atom is -0.464 e. The molecule has 0 saturated heterocycles. The molecule has 2 N–H and O–H groups in total. The summed E-state index contributed by atoms with van der Waals surface area (Å²) >= 11 is 0. The third kappa shape index (κ3) is 6.24. The SMILES string of the molecule is CC(=O)OCCNC(=O)/C(=C/c1ccccc1)NC(=O)c1ccccc1. The summed E-state index contributed by atoms with van der Waals surface area (Å²) in [5.74, 6) is -1.27. The first kappa shape index (κ1) is 18.9. The summed E-state index contributed by atoms with van der Waals surface area (Å²) in [5.41, 5.74) is 1.32. The van der Waals surface area contributed by atoms with E-state index in [2.05, 4.69) is 10.6 Å². The number of amides is 2. The monoisotopic (exact) mass is 352 g/mol. The van der Waals surface area contributed by atoms with Crippen LogP contribution in [-0.4, -0.2) is 30.9 Å². The molecule has 0 saturated carbocycles. The van der Waals surface area contributed by atoms with Crippen LogP contribution in [0, 0.1) is 0 Å². The number of rotatable bonds is 7. The summed E-state index contributed by atoms with van der Waals surface area (Å²) in [4.78, 5) is 35.6. The van der Waals surface area contributed by atoms with Gasteiger partial charge < -0.3 is 15.4 Å². The largest absolute Gasteiger partial charge is 0.464 e. The predicted octanol–water partition coefficient (Wildman–Crippen LogP) is 2.14. The van der Waals surface area contributed by atoms with Gasteiger partial charge in [-0.3, -0.25) is 14.4 Å². The molecule has 0 radical (unpaired) electrons. The Morgan fingerprint density at radius 2 is 1.58 bits per heavy atom. The first-order valence-corrected chi connectivity index (χ1v) is 8.11. The van der Waals surface area contributed by atoms with Crippen LogP contribution in [0.5, 0.6) is 0 Å². The van der Waals surface area contributed by atoms with Gasteiger partial charge >= 0.3 is 5.97 Å². The normalized spacial score (nSPS) is 10.7. The minimum absolute atomic E-state index is 0.0618. The van der Waals surface area contributed by atoms with Crippen LogP contribution < -0.4 is 10.6 Å². The van der Waals surface area contributed by atoms with E-state index in [1.54, 1.807) is 36.4 Å². The number of hydrogen-bond donors (Lipinski definition) is 2. The standard InChI is InChI=1S/C20H20N2O4/c1-15(23)26-13-12-21-20(25)18(14-16-8-4-2-5-9-16)22-19(24)17-10-6-3-7-11-17/h2-11,14H,12-13H2,1H3,(H,21,25)(H,22,24)/b18-14-. The summed E-state index contributed by atoms with van der Waals surface area (Å²) in [6.45, 7) is 1.50. The molecule has 2 aromatic rings. The highest BCUT2D eigenvalue weighted by Gasteiger charge is 2.14. The molecule has 0 atom stereocenters. The molecule has 0 aliphatic carbocycles. The lowest BCUT2D eigenvalue weighted by Gasteiger charge is -2.11. The number of carbonyl (C=O) groups is 3. The van der Waals surface area contributed by atoms with E-state index in [0.717, 1.165) is 5.56 Å². The number of benzene rings is 2. The molecular weight excluding hydrogens is 332 g/mol. The second kappa shape index (κ2) is 9.78. The van der Waals surface area contributed by atoms with Gasteiger partial charge in [0.05, 0.1) is 6.54 Å². The predicted molar refractivity (Wildman–Crippen MR) is 98.0 cm³/mol. The Morgan fingerprint density at radius 3 is 2.19 bits per heavy atom. The lowest BCUT2D eigenvalue weighted by molar-refractivity contribution is -0.141. The molecule has 2 amide bonds. The second-order valence-corrected chi connectivity index (χ2v) is 5.38. The van der Waals surface area contributed by atoms with E-state index in [1.165, 1.54) is 6.92 Å². The van der Waals surface area contributed by atoms with Gasteiger partial charge in [0, 0.05) is 12.5 Å². The van der Waals surface area contributed by atoms with Crippen LogP contribution in [0.15, 0.2) is 66.4 Å². The Bertz CT molecular complexity index is 786. The highest BCUT2D eigenvalue weighted by Crippen LogP contribution is 2.07. The molecule has 26 heavy (non-hydrogen) atoms. The average molecular weight is 352 g/mol. The number of ether oxygens (including phenoxy) is 1. The number of carbonyl (C=O) groups excluding carboxylic acids is 3. The zero-order chi connectivity index (χ0) is 18.8. The minimum atomic E-state index is -0.467. The molecule has 0 aliphatic heterocycles. The molecule has 0 spiro atoms. The van der Waals surface area contributed by atoms with Gasteiger partial charge in [0.2, 0.25) is 0 Å². The van der Waals surface area contributed by atoms with E-state index in [0.29, 0.717) is 5.56 Å². The van der Waals surface area contributed by atoms with Crippen molar-refractivity contribution in [2.24, 2.45) is 0 Å². The van der Waals surface area contributed by atoms with Gasteiger partial charge in [-0.1, -0.05) is 48.5 Å². The van der Waals surface area contributed by atoms with Crippen molar-refractivity contribution >= 4 is 23.9 Å². The van der Waals surface area contributed by atoms with E-state index >= 15 is 0 Å². The fourth-order valence-corrected chi connectivity index (χ4v) is 2.11. The topological polar surface area (TPSA) is 84.5 Å². The summed E-state index contributed by atoms with van der Waals surface area (Å²) in [5, 5.41) is 5.25. The molecule has 0 unspecified atom stereocenters. The van der Waals surface area contributed by atoms with E-state index in [9.17, 15) is 14.4 Å². The molecular formula is C20H20N2O4. The molecule has 6 heteroatoms. The lowest BCUT2D eigenvalue weighted by Crippen LogP contribution is -2.36. The average Bonchev–Trinajstić information content (AvgIpc) is 2.66. The Morgan fingerprint density at radius 1 is 0.962 bits per heavy atom. The molecule has 0 bridgehead atoms. The van der Waals surface area contributed by atoms with Crippen LogP contribution in [0.1, 0.15) is 22.8 Å². The molecule has 2 aromatic carbocycles. The van der Waals surface area contributed by atoms with E-state index < -0.39 is 11.9 Å². The Balaban J connectivity index is 2.11. The number of esters is 1. The fraction of sp³-hybridized carbons (Fsp3) is 0.150. The van der Waals surface area contributed by atoms with Gasteiger partial charge in [-0.15, -0.1) is 0 Å². The lowest BCUT2D eigenvalue weighted by atomic mass is 10.1. The van der Waals surface area contributed by atoms with Crippen molar-refractivity contribution in [1.82, 2.24) is 10.6 Å². The maximum atomic E-state index is 12.4. The van der Waals surface area contributed by atoms with Crippen molar-refractivity contribution in [3.8, 4) is 0 Å². The quantitative estimate of drug-likeness (QED) is 0.454. The van der Waals surface area contributed by atoms with Crippen molar-refractivity contribution in [3.05, 3.63) is 77.5 Å². The van der Waals surface area contributed by atoms with Gasteiger partial charge in [-0.05, 0) is 23.8 Å². The molecule has 0 aromatic heterocycles. The fourth-order valence-electron chi connectivity index (χ4n) is 2.11. The smallest absolute Gasteiger partial charge is 0.302 e. The third-order valence-corrected chi connectivity index (χ3v) is 3.33. The number of nitrogens with one attached hydrogen (secondary N) is 2. The summed E-state index contributed by atoms with van der Waals surface area (Å²) in [7, 11) is 0. The number of hydrogen-bond acceptors (Lipinski definition) is 4. The molecule has 0 heterocycles. The van der Waals surface area contributed by atoms with E-state index in [-0.39, 0.29) is 24.8 Å². The van der Waals surface area contributed by atoms with Crippen molar-refractivity contribution in [1.29, 1.82) is 0 Å². The molecule has 6 nitrogen and oxygen atoms in total. The summed E-state index contributed by atoms with van der Waals surface area (Å²) in [6, 6.07) is 17.8. The van der Waals surface area contributed by atoms with E-state index in [4.69, 9.17) is 4.74 Å². The van der Waals surface area contributed by atoms with Crippen LogP contribution in [0.3, 0.4) is 0 Å². The van der Waals surface area contributed by atoms with Crippen molar-refractivity contribution in [2.45, 2.75) is 6.92 Å². The van der Waals surface area contributed by atoms with Crippen molar-refractivity contribution in [2.75, 3.05) is 13.2 Å². The van der Waals surface area contributed by atoms with Gasteiger partial charge in [-0.2, -0.15) is 0 Å². The van der Waals surface area contributed by atoms with Gasteiger partial charge in [-0.25, -0.2) is 0 Å². The molecule has 0 fully saturated rings. The molecule has 0 aliphatic rings. The highest BCUT2D eigenvalue weighted by molar-refractivity contribution is 6.05. The maximum absolute atomic E-state index is 12.4.